The molecular formula is C21H24N4O2. The number of phenolic OH excluding ortho intramolecular Hbond substituents is 1. The first-order chi connectivity index (χ1) is 13.2. The molecular weight excluding hydrogens is 340 g/mol. The number of benzene rings is 2. The van der Waals surface area contributed by atoms with Gasteiger partial charge in [0.05, 0.1) is 0 Å². The van der Waals surface area contributed by atoms with E-state index in [1.54, 1.807) is 12.1 Å². The molecule has 2 unspecified atom stereocenters. The number of aryl methyl sites for hydroxylation is 1. The number of carbonyl (C=O) groups excluding carboxylic acids is 1. The summed E-state index contributed by atoms with van der Waals surface area (Å²) in [6.07, 6.45) is 3.65. The number of aromatic hydroxyl groups is 1. The molecule has 1 fully saturated rings. The highest BCUT2D eigenvalue weighted by atomic mass is 16.3. The van der Waals surface area contributed by atoms with E-state index in [9.17, 15) is 9.90 Å². The fraction of sp³-hybridized carbons (Fsp3) is 0.286. The Hall–Kier alpha value is -2.83. The molecule has 6 nitrogen and oxygen atoms in total. The number of para-hydroxylation sites is 1. The Balaban J connectivity index is 1.23. The van der Waals surface area contributed by atoms with Gasteiger partial charge in [-0.3, -0.25) is 4.79 Å². The van der Waals surface area contributed by atoms with E-state index in [0.29, 0.717) is 13.0 Å². The zero-order valence-corrected chi connectivity index (χ0v) is 15.1. The first-order valence-corrected chi connectivity index (χ1v) is 9.32. The molecule has 3 aromatic rings. The molecule has 1 amide bonds. The number of hydrazine groups is 1. The Bertz CT molecular complexity index is 919. The van der Waals surface area contributed by atoms with Crippen molar-refractivity contribution in [2.45, 2.75) is 31.5 Å². The molecule has 2 heterocycles. The third kappa shape index (κ3) is 3.97. The molecule has 1 saturated heterocycles. The quantitative estimate of drug-likeness (QED) is 0.507. The number of nitrogens with one attached hydrogen (secondary N) is 3. The zero-order valence-electron chi connectivity index (χ0n) is 15.1. The summed E-state index contributed by atoms with van der Waals surface area (Å²) in [6, 6.07) is 17.3. The van der Waals surface area contributed by atoms with Crippen LogP contribution >= 0.6 is 0 Å². The fourth-order valence-electron chi connectivity index (χ4n) is 3.57. The Kier molecular flexibility index (Phi) is 5.09. The Morgan fingerprint density at radius 2 is 1.93 bits per heavy atom. The summed E-state index contributed by atoms with van der Waals surface area (Å²) >= 11 is 0. The van der Waals surface area contributed by atoms with Gasteiger partial charge in [-0.25, -0.2) is 10.9 Å². The number of hydrogen-bond acceptors (Lipinski definition) is 4. The van der Waals surface area contributed by atoms with Gasteiger partial charge in [-0.05, 0) is 48.1 Å². The molecule has 2 aromatic carbocycles. The smallest absolute Gasteiger partial charge is 0.238 e. The largest absolute Gasteiger partial charge is 0.508 e. The maximum absolute atomic E-state index is 12.4. The molecule has 2 atom stereocenters. The van der Waals surface area contributed by atoms with Crippen LogP contribution in [0.4, 0.5) is 0 Å². The standard InChI is InChI=1S/C21H24N4O2/c26-17-8-6-15(7-9-17)18-14-19(24-23-18)21(27)22-11-3-12-25-13-10-16-4-1-2-5-20(16)25/h1-2,4-10,13,18-19,23-24,26H,3,11-12,14H2,(H,22,27). The van der Waals surface area contributed by atoms with Gasteiger partial charge in [-0.2, -0.15) is 0 Å². The van der Waals surface area contributed by atoms with Crippen LogP contribution in [0.25, 0.3) is 10.9 Å². The van der Waals surface area contributed by atoms with E-state index in [2.05, 4.69) is 45.1 Å². The number of nitrogens with zero attached hydrogens (tertiary/aromatic N) is 1. The second kappa shape index (κ2) is 7.82. The highest BCUT2D eigenvalue weighted by Crippen LogP contribution is 2.23. The summed E-state index contributed by atoms with van der Waals surface area (Å²) in [6.45, 7) is 1.52. The fourth-order valence-corrected chi connectivity index (χ4v) is 3.57. The van der Waals surface area contributed by atoms with Crippen molar-refractivity contribution < 1.29 is 9.90 Å². The number of fused-ring (bicyclic) bond motifs is 1. The summed E-state index contributed by atoms with van der Waals surface area (Å²) < 4.78 is 2.22. The normalized spacial score (nSPS) is 19.4. The third-order valence-corrected chi connectivity index (χ3v) is 5.07. The molecule has 0 bridgehead atoms. The van der Waals surface area contributed by atoms with Crippen LogP contribution in [0.15, 0.2) is 60.8 Å². The van der Waals surface area contributed by atoms with Gasteiger partial charge in [0.1, 0.15) is 11.8 Å². The van der Waals surface area contributed by atoms with Gasteiger partial charge in [0.25, 0.3) is 0 Å². The molecule has 1 aliphatic heterocycles. The molecule has 27 heavy (non-hydrogen) atoms. The van der Waals surface area contributed by atoms with Crippen LogP contribution in [0, 0.1) is 0 Å². The molecule has 0 saturated carbocycles. The molecule has 4 rings (SSSR count). The Morgan fingerprint density at radius 1 is 1.11 bits per heavy atom. The topological polar surface area (TPSA) is 78.3 Å². The van der Waals surface area contributed by atoms with Crippen LogP contribution in [0.2, 0.25) is 0 Å². The lowest BCUT2D eigenvalue weighted by molar-refractivity contribution is -0.122. The number of hydrogen-bond donors (Lipinski definition) is 4. The number of amides is 1. The van der Waals surface area contributed by atoms with Crippen LogP contribution in [0.5, 0.6) is 5.75 Å². The average molecular weight is 364 g/mol. The average Bonchev–Trinajstić information content (AvgIpc) is 3.33. The van der Waals surface area contributed by atoms with Crippen molar-refractivity contribution >= 4 is 16.8 Å². The lowest BCUT2D eigenvalue weighted by Crippen LogP contribution is -2.43. The summed E-state index contributed by atoms with van der Waals surface area (Å²) in [4.78, 5) is 12.4. The first-order valence-electron chi connectivity index (χ1n) is 9.32. The van der Waals surface area contributed by atoms with Crippen molar-refractivity contribution in [1.82, 2.24) is 20.7 Å². The predicted molar refractivity (Wildman–Crippen MR) is 105 cm³/mol. The van der Waals surface area contributed by atoms with E-state index in [0.717, 1.165) is 18.5 Å². The minimum Gasteiger partial charge on any atom is -0.508 e. The summed E-state index contributed by atoms with van der Waals surface area (Å²) in [7, 11) is 0. The van der Waals surface area contributed by atoms with Gasteiger partial charge >= 0.3 is 0 Å². The first kappa shape index (κ1) is 17.6. The van der Waals surface area contributed by atoms with Crippen LogP contribution in [-0.4, -0.2) is 28.2 Å². The lowest BCUT2D eigenvalue weighted by Gasteiger charge is -2.11. The van der Waals surface area contributed by atoms with E-state index < -0.39 is 0 Å². The second-order valence-electron chi connectivity index (χ2n) is 6.93. The SMILES string of the molecule is O=C(NCCCn1ccc2ccccc21)C1CC(c2ccc(O)cc2)NN1. The van der Waals surface area contributed by atoms with Crippen LogP contribution in [-0.2, 0) is 11.3 Å². The zero-order chi connectivity index (χ0) is 18.6. The van der Waals surface area contributed by atoms with Crippen molar-refractivity contribution in [3.05, 3.63) is 66.4 Å². The molecule has 140 valence electrons. The van der Waals surface area contributed by atoms with Crippen LogP contribution in [0.3, 0.4) is 0 Å². The molecule has 6 heteroatoms. The van der Waals surface area contributed by atoms with Crippen molar-refractivity contribution in [2.75, 3.05) is 6.54 Å². The summed E-state index contributed by atoms with van der Waals surface area (Å²) in [5.41, 5.74) is 8.50. The lowest BCUT2D eigenvalue weighted by atomic mass is 10.0. The number of phenols is 1. The molecule has 1 aliphatic rings. The number of carbonyl (C=O) groups is 1. The number of rotatable bonds is 6. The van der Waals surface area contributed by atoms with Crippen molar-refractivity contribution in [2.24, 2.45) is 0 Å². The third-order valence-electron chi connectivity index (χ3n) is 5.07. The van der Waals surface area contributed by atoms with Gasteiger partial charge < -0.3 is 15.0 Å². The van der Waals surface area contributed by atoms with Crippen LogP contribution in [0.1, 0.15) is 24.4 Å². The minimum atomic E-state index is -0.254. The minimum absolute atomic E-state index is 0.0149. The van der Waals surface area contributed by atoms with E-state index in [-0.39, 0.29) is 23.7 Å². The maximum Gasteiger partial charge on any atom is 0.238 e. The van der Waals surface area contributed by atoms with E-state index in [4.69, 9.17) is 0 Å². The summed E-state index contributed by atoms with van der Waals surface area (Å²) in [5, 5.41) is 13.6. The van der Waals surface area contributed by atoms with Crippen molar-refractivity contribution in [1.29, 1.82) is 0 Å². The van der Waals surface area contributed by atoms with E-state index >= 15 is 0 Å². The van der Waals surface area contributed by atoms with E-state index in [1.807, 2.05) is 24.3 Å². The van der Waals surface area contributed by atoms with Crippen molar-refractivity contribution in [3.8, 4) is 5.75 Å². The van der Waals surface area contributed by atoms with Gasteiger partial charge in [0.2, 0.25) is 5.91 Å². The summed E-state index contributed by atoms with van der Waals surface area (Å²) in [5.74, 6) is 0.260. The van der Waals surface area contributed by atoms with Gasteiger partial charge in [-0.1, -0.05) is 30.3 Å². The molecule has 4 N–H and O–H groups in total. The van der Waals surface area contributed by atoms with Gasteiger partial charge in [0.15, 0.2) is 0 Å². The highest BCUT2D eigenvalue weighted by molar-refractivity contribution is 5.82. The van der Waals surface area contributed by atoms with Gasteiger partial charge in [-0.15, -0.1) is 0 Å². The van der Waals surface area contributed by atoms with Gasteiger partial charge in [0, 0.05) is 30.8 Å². The molecule has 0 spiro atoms. The molecule has 1 aromatic heterocycles. The molecule has 0 aliphatic carbocycles. The van der Waals surface area contributed by atoms with Crippen molar-refractivity contribution in [3.63, 3.8) is 0 Å². The maximum atomic E-state index is 12.4. The van der Waals surface area contributed by atoms with Crippen LogP contribution < -0.4 is 16.2 Å². The predicted octanol–water partition coefficient (Wildman–Crippen LogP) is 2.46. The van der Waals surface area contributed by atoms with E-state index in [1.165, 1.54) is 10.9 Å². The highest BCUT2D eigenvalue weighted by Gasteiger charge is 2.29. The second-order valence-corrected chi connectivity index (χ2v) is 6.93. The Labute approximate surface area is 158 Å². The number of aromatic nitrogens is 1. The Morgan fingerprint density at radius 3 is 2.78 bits per heavy atom. The molecule has 0 radical (unpaired) electrons. The monoisotopic (exact) mass is 364 g/mol.